The first-order valence-electron chi connectivity index (χ1n) is 8.32. The van der Waals surface area contributed by atoms with E-state index in [2.05, 4.69) is 63.2 Å². The van der Waals surface area contributed by atoms with Crippen molar-refractivity contribution < 1.29 is 4.79 Å². The fourth-order valence-corrected chi connectivity index (χ4v) is 3.61. The average Bonchev–Trinajstić information content (AvgIpc) is 3.07. The first-order chi connectivity index (χ1) is 11.5. The number of ketones is 1. The van der Waals surface area contributed by atoms with Gasteiger partial charge in [0.15, 0.2) is 5.78 Å². The molecule has 0 unspecified atom stereocenters. The lowest BCUT2D eigenvalue weighted by molar-refractivity contribution is 0.0997. The molecule has 3 rings (SSSR count). The highest BCUT2D eigenvalue weighted by Crippen LogP contribution is 2.30. The lowest BCUT2D eigenvalue weighted by atomic mass is 10.0. The quantitative estimate of drug-likeness (QED) is 0.502. The molecule has 2 aromatic carbocycles. The molecule has 0 bridgehead atoms. The zero-order chi connectivity index (χ0) is 17.1. The third kappa shape index (κ3) is 3.82. The maximum absolute atomic E-state index is 12.5. The van der Waals surface area contributed by atoms with Crippen molar-refractivity contribution >= 4 is 17.1 Å². The number of thiophene rings is 1. The minimum absolute atomic E-state index is 0.190. The zero-order valence-corrected chi connectivity index (χ0v) is 15.2. The molecule has 1 aromatic heterocycles. The molecule has 0 amide bonds. The Morgan fingerprint density at radius 2 is 1.75 bits per heavy atom. The summed E-state index contributed by atoms with van der Waals surface area (Å²) < 4.78 is 0. The van der Waals surface area contributed by atoms with Crippen LogP contribution in [-0.2, 0) is 6.42 Å². The molecule has 1 heterocycles. The third-order valence-corrected chi connectivity index (χ3v) is 5.38. The summed E-state index contributed by atoms with van der Waals surface area (Å²) in [6.45, 7) is 6.45. The summed E-state index contributed by atoms with van der Waals surface area (Å²) in [7, 11) is 0. The molecule has 0 spiro atoms. The van der Waals surface area contributed by atoms with Crippen molar-refractivity contribution in [2.24, 2.45) is 0 Å². The van der Waals surface area contributed by atoms with Crippen molar-refractivity contribution in [1.82, 2.24) is 0 Å². The number of aryl methyl sites for hydroxylation is 1. The number of hydrogen-bond donors (Lipinski definition) is 0. The number of carbonyl (C=O) groups excluding carboxylic acids is 1. The van der Waals surface area contributed by atoms with E-state index in [0.717, 1.165) is 15.3 Å². The second-order valence-corrected chi connectivity index (χ2v) is 7.61. The molecule has 0 atom stereocenters. The summed E-state index contributed by atoms with van der Waals surface area (Å²) in [6, 6.07) is 20.8. The van der Waals surface area contributed by atoms with Crippen molar-refractivity contribution in [3.05, 3.63) is 82.2 Å². The van der Waals surface area contributed by atoms with E-state index in [4.69, 9.17) is 0 Å². The topological polar surface area (TPSA) is 17.1 Å². The average molecular weight is 334 g/mol. The van der Waals surface area contributed by atoms with Gasteiger partial charge < -0.3 is 0 Å². The Balaban J connectivity index is 1.78. The predicted molar refractivity (Wildman–Crippen MR) is 103 cm³/mol. The Morgan fingerprint density at radius 3 is 2.46 bits per heavy atom. The highest BCUT2D eigenvalue weighted by atomic mass is 32.1. The molecular formula is C22H22OS. The standard InChI is InChI=1S/C22H22OS/c1-15(2)18-5-4-6-19(14-18)21-11-12-22(24-21)20(23)13-17-9-7-16(3)8-10-17/h4-12,14-15H,13H2,1-3H3. The molecular weight excluding hydrogens is 312 g/mol. The van der Waals surface area contributed by atoms with Crippen LogP contribution in [0, 0.1) is 6.92 Å². The molecule has 0 N–H and O–H groups in total. The molecule has 0 radical (unpaired) electrons. The number of hydrogen-bond acceptors (Lipinski definition) is 2. The van der Waals surface area contributed by atoms with Crippen molar-refractivity contribution in [1.29, 1.82) is 0 Å². The number of carbonyl (C=O) groups is 1. The summed E-state index contributed by atoms with van der Waals surface area (Å²) in [5.74, 6) is 0.697. The lowest BCUT2D eigenvalue weighted by Gasteiger charge is -2.06. The van der Waals surface area contributed by atoms with Crippen LogP contribution < -0.4 is 0 Å². The highest BCUT2D eigenvalue weighted by molar-refractivity contribution is 7.17. The van der Waals surface area contributed by atoms with Gasteiger partial charge in [0.1, 0.15) is 0 Å². The second-order valence-electron chi connectivity index (χ2n) is 6.53. The van der Waals surface area contributed by atoms with E-state index in [-0.39, 0.29) is 5.78 Å². The highest BCUT2D eigenvalue weighted by Gasteiger charge is 2.12. The van der Waals surface area contributed by atoms with Crippen molar-refractivity contribution in [2.75, 3.05) is 0 Å². The van der Waals surface area contributed by atoms with Crippen LogP contribution in [-0.4, -0.2) is 5.78 Å². The number of rotatable bonds is 5. The Labute approximate surface area is 148 Å². The fraction of sp³-hybridized carbons (Fsp3) is 0.227. The Hall–Kier alpha value is -2.19. The molecule has 122 valence electrons. The molecule has 24 heavy (non-hydrogen) atoms. The third-order valence-electron chi connectivity index (χ3n) is 4.20. The molecule has 0 saturated carbocycles. The SMILES string of the molecule is Cc1ccc(CC(=O)c2ccc(-c3cccc(C(C)C)c3)s2)cc1. The predicted octanol–water partition coefficient (Wildman–Crippen LogP) is 6.27. The molecule has 0 aliphatic rings. The van der Waals surface area contributed by atoms with Crippen LogP contribution in [0.3, 0.4) is 0 Å². The Morgan fingerprint density at radius 1 is 1.00 bits per heavy atom. The summed E-state index contributed by atoms with van der Waals surface area (Å²) in [6.07, 6.45) is 0.465. The van der Waals surface area contributed by atoms with Gasteiger partial charge in [-0.15, -0.1) is 11.3 Å². The van der Waals surface area contributed by atoms with Gasteiger partial charge in [0.2, 0.25) is 0 Å². The molecule has 0 fully saturated rings. The van der Waals surface area contributed by atoms with E-state index >= 15 is 0 Å². The van der Waals surface area contributed by atoms with E-state index in [1.165, 1.54) is 16.7 Å². The summed E-state index contributed by atoms with van der Waals surface area (Å²) in [4.78, 5) is 14.5. The van der Waals surface area contributed by atoms with Crippen LogP contribution in [0.5, 0.6) is 0 Å². The summed E-state index contributed by atoms with van der Waals surface area (Å²) in [5.41, 5.74) is 4.81. The van der Waals surface area contributed by atoms with Gasteiger partial charge in [-0.2, -0.15) is 0 Å². The molecule has 0 saturated heterocycles. The van der Waals surface area contributed by atoms with E-state index in [9.17, 15) is 4.79 Å². The number of Topliss-reactive ketones (excluding diaryl/α,β-unsaturated/α-hetero) is 1. The van der Waals surface area contributed by atoms with Crippen molar-refractivity contribution in [3.63, 3.8) is 0 Å². The zero-order valence-electron chi connectivity index (χ0n) is 14.4. The van der Waals surface area contributed by atoms with Gasteiger partial charge in [-0.3, -0.25) is 4.79 Å². The normalized spacial score (nSPS) is 11.0. The molecule has 2 heteroatoms. The maximum Gasteiger partial charge on any atom is 0.177 e. The van der Waals surface area contributed by atoms with Gasteiger partial charge in [0.25, 0.3) is 0 Å². The van der Waals surface area contributed by atoms with Gasteiger partial charge in [-0.05, 0) is 41.7 Å². The van der Waals surface area contributed by atoms with Crippen LogP contribution >= 0.6 is 11.3 Å². The monoisotopic (exact) mass is 334 g/mol. The van der Waals surface area contributed by atoms with Crippen LogP contribution in [0.1, 0.15) is 46.1 Å². The summed E-state index contributed by atoms with van der Waals surface area (Å²) >= 11 is 1.59. The van der Waals surface area contributed by atoms with Gasteiger partial charge >= 0.3 is 0 Å². The lowest BCUT2D eigenvalue weighted by Crippen LogP contribution is -2.00. The minimum atomic E-state index is 0.190. The number of benzene rings is 2. The largest absolute Gasteiger partial charge is 0.293 e. The van der Waals surface area contributed by atoms with Crippen molar-refractivity contribution in [2.45, 2.75) is 33.1 Å². The Bertz CT molecular complexity index is 840. The van der Waals surface area contributed by atoms with Crippen LogP contribution in [0.2, 0.25) is 0 Å². The van der Waals surface area contributed by atoms with E-state index in [0.29, 0.717) is 12.3 Å². The second kappa shape index (κ2) is 7.14. The minimum Gasteiger partial charge on any atom is -0.293 e. The molecule has 0 aliphatic heterocycles. The van der Waals surface area contributed by atoms with E-state index in [1.807, 2.05) is 18.2 Å². The fourth-order valence-electron chi connectivity index (χ4n) is 2.67. The van der Waals surface area contributed by atoms with Gasteiger partial charge in [0.05, 0.1) is 4.88 Å². The van der Waals surface area contributed by atoms with Gasteiger partial charge in [0, 0.05) is 11.3 Å². The first kappa shape index (κ1) is 16.7. The molecule has 3 aromatic rings. The first-order valence-corrected chi connectivity index (χ1v) is 9.13. The van der Waals surface area contributed by atoms with Gasteiger partial charge in [-0.25, -0.2) is 0 Å². The van der Waals surface area contributed by atoms with Crippen LogP contribution in [0.4, 0.5) is 0 Å². The smallest absolute Gasteiger partial charge is 0.177 e. The van der Waals surface area contributed by atoms with Crippen LogP contribution in [0.15, 0.2) is 60.7 Å². The molecule has 1 nitrogen and oxygen atoms in total. The molecule has 0 aliphatic carbocycles. The van der Waals surface area contributed by atoms with E-state index in [1.54, 1.807) is 11.3 Å². The van der Waals surface area contributed by atoms with Gasteiger partial charge in [-0.1, -0.05) is 67.9 Å². The van der Waals surface area contributed by atoms with Crippen LogP contribution in [0.25, 0.3) is 10.4 Å². The van der Waals surface area contributed by atoms with E-state index < -0.39 is 0 Å². The summed E-state index contributed by atoms with van der Waals surface area (Å²) in [5, 5.41) is 0. The van der Waals surface area contributed by atoms with Crippen molar-refractivity contribution in [3.8, 4) is 10.4 Å². The maximum atomic E-state index is 12.5. The Kier molecular flexibility index (Phi) is 4.96.